The molecular weight excluding hydrogens is 244 g/mol. The van der Waals surface area contributed by atoms with Crippen molar-refractivity contribution in [2.45, 2.75) is 26.5 Å². The summed E-state index contributed by atoms with van der Waals surface area (Å²) in [6.07, 6.45) is -0.719. The Balaban J connectivity index is 2.54. The second-order valence-electron chi connectivity index (χ2n) is 3.84. The molecule has 0 radical (unpaired) electrons. The fourth-order valence-corrected chi connectivity index (χ4v) is 1.47. The molecule has 1 atom stereocenters. The number of nitrogens with zero attached hydrogens (tertiary/aromatic N) is 2. The molecule has 1 aromatic heterocycles. The van der Waals surface area contributed by atoms with Crippen LogP contribution in [0.2, 0.25) is 5.02 Å². The Kier molecular flexibility index (Phi) is 4.92. The maximum atomic E-state index is 11.5. The minimum atomic E-state index is -0.719. The smallest absolute Gasteiger partial charge is 0.241 e. The van der Waals surface area contributed by atoms with Crippen molar-refractivity contribution in [1.82, 2.24) is 15.1 Å². The molecule has 1 unspecified atom stereocenters. The van der Waals surface area contributed by atoms with Crippen LogP contribution in [0, 0.1) is 13.8 Å². The molecule has 7 heteroatoms. The van der Waals surface area contributed by atoms with Gasteiger partial charge in [0.05, 0.1) is 22.5 Å². The summed E-state index contributed by atoms with van der Waals surface area (Å²) in [5.74, 6) is -0.236. The van der Waals surface area contributed by atoms with Crippen LogP contribution >= 0.6 is 11.6 Å². The van der Waals surface area contributed by atoms with E-state index in [1.165, 1.54) is 4.68 Å². The van der Waals surface area contributed by atoms with Gasteiger partial charge in [-0.25, -0.2) is 0 Å². The number of aliphatic hydroxyl groups excluding tert-OH is 1. The SMILES string of the molecule is Cc1nn(CC(=O)NCC(O)CN)c(C)c1Cl. The van der Waals surface area contributed by atoms with E-state index in [1.807, 2.05) is 0 Å². The maximum Gasteiger partial charge on any atom is 0.241 e. The van der Waals surface area contributed by atoms with Gasteiger partial charge in [0, 0.05) is 13.1 Å². The summed E-state index contributed by atoms with van der Waals surface area (Å²) in [7, 11) is 0. The van der Waals surface area contributed by atoms with E-state index < -0.39 is 6.10 Å². The monoisotopic (exact) mass is 260 g/mol. The minimum absolute atomic E-state index is 0.0800. The molecule has 4 N–H and O–H groups in total. The summed E-state index contributed by atoms with van der Waals surface area (Å²) in [4.78, 5) is 11.5. The Bertz CT molecular complexity index is 405. The molecule has 0 aliphatic carbocycles. The molecule has 0 aromatic carbocycles. The number of halogens is 1. The number of nitrogens with two attached hydrogens (primary N) is 1. The van der Waals surface area contributed by atoms with Crippen LogP contribution in [0.4, 0.5) is 0 Å². The first-order valence-corrected chi connectivity index (χ1v) is 5.67. The summed E-state index contributed by atoms with van der Waals surface area (Å²) in [5, 5.41) is 16.5. The molecule has 0 bridgehead atoms. The van der Waals surface area contributed by atoms with Crippen molar-refractivity contribution in [2.75, 3.05) is 13.1 Å². The van der Waals surface area contributed by atoms with Crippen molar-refractivity contribution in [2.24, 2.45) is 5.73 Å². The van der Waals surface area contributed by atoms with Crippen molar-refractivity contribution in [3.8, 4) is 0 Å². The molecule has 6 nitrogen and oxygen atoms in total. The summed E-state index contributed by atoms with van der Waals surface area (Å²) in [6, 6.07) is 0. The Labute approximate surface area is 105 Å². The van der Waals surface area contributed by atoms with Gasteiger partial charge < -0.3 is 16.2 Å². The first-order chi connectivity index (χ1) is 7.95. The topological polar surface area (TPSA) is 93.2 Å². The molecule has 1 heterocycles. The Morgan fingerprint density at radius 1 is 1.65 bits per heavy atom. The molecule has 17 heavy (non-hydrogen) atoms. The zero-order valence-electron chi connectivity index (χ0n) is 9.90. The van der Waals surface area contributed by atoms with Gasteiger partial charge in [0.2, 0.25) is 5.91 Å². The lowest BCUT2D eigenvalue weighted by Crippen LogP contribution is -2.37. The molecule has 1 aromatic rings. The average molecular weight is 261 g/mol. The van der Waals surface area contributed by atoms with Crippen molar-refractivity contribution in [1.29, 1.82) is 0 Å². The highest BCUT2D eigenvalue weighted by atomic mass is 35.5. The van der Waals surface area contributed by atoms with Crippen molar-refractivity contribution >= 4 is 17.5 Å². The molecule has 0 aliphatic rings. The number of aromatic nitrogens is 2. The van der Waals surface area contributed by atoms with Crippen LogP contribution in [0.1, 0.15) is 11.4 Å². The van der Waals surface area contributed by atoms with Gasteiger partial charge in [-0.1, -0.05) is 11.6 Å². The maximum absolute atomic E-state index is 11.5. The number of hydrogen-bond donors (Lipinski definition) is 3. The highest BCUT2D eigenvalue weighted by Crippen LogP contribution is 2.18. The quantitative estimate of drug-likeness (QED) is 0.671. The molecule has 96 valence electrons. The molecule has 0 spiro atoms. The standard InChI is InChI=1S/C10H17ClN4O2/c1-6-10(11)7(2)15(14-6)5-9(17)13-4-8(16)3-12/h8,16H,3-5,12H2,1-2H3,(H,13,17). The molecule has 0 saturated heterocycles. The van der Waals surface area contributed by atoms with Gasteiger partial charge in [0.15, 0.2) is 0 Å². The summed E-state index contributed by atoms with van der Waals surface area (Å²) in [5.41, 5.74) is 6.66. The van der Waals surface area contributed by atoms with Crippen LogP contribution in [-0.4, -0.2) is 40.0 Å². The third kappa shape index (κ3) is 3.69. The highest BCUT2D eigenvalue weighted by molar-refractivity contribution is 6.31. The zero-order valence-corrected chi connectivity index (χ0v) is 10.7. The first kappa shape index (κ1) is 14.0. The van der Waals surface area contributed by atoms with Gasteiger partial charge in [-0.15, -0.1) is 0 Å². The van der Waals surface area contributed by atoms with E-state index in [0.29, 0.717) is 10.7 Å². The Morgan fingerprint density at radius 2 is 2.29 bits per heavy atom. The van der Waals surface area contributed by atoms with E-state index in [4.69, 9.17) is 17.3 Å². The lowest BCUT2D eigenvalue weighted by molar-refractivity contribution is -0.122. The van der Waals surface area contributed by atoms with Gasteiger partial charge >= 0.3 is 0 Å². The number of amides is 1. The third-order valence-corrected chi connectivity index (χ3v) is 2.94. The van der Waals surface area contributed by atoms with Crippen LogP contribution in [0.3, 0.4) is 0 Å². The number of aliphatic hydroxyl groups is 1. The van der Waals surface area contributed by atoms with Gasteiger partial charge in [-0.05, 0) is 13.8 Å². The molecule has 0 aliphatic heterocycles. The van der Waals surface area contributed by atoms with E-state index in [-0.39, 0.29) is 25.5 Å². The largest absolute Gasteiger partial charge is 0.390 e. The molecule has 0 saturated carbocycles. The van der Waals surface area contributed by atoms with Gasteiger partial charge in [-0.3, -0.25) is 9.48 Å². The van der Waals surface area contributed by atoms with Crippen LogP contribution in [-0.2, 0) is 11.3 Å². The number of carbonyl (C=O) groups is 1. The molecule has 0 fully saturated rings. The minimum Gasteiger partial charge on any atom is -0.390 e. The van der Waals surface area contributed by atoms with Crippen molar-refractivity contribution < 1.29 is 9.90 Å². The van der Waals surface area contributed by atoms with Crippen LogP contribution in [0.5, 0.6) is 0 Å². The predicted molar refractivity (Wildman–Crippen MR) is 64.8 cm³/mol. The lowest BCUT2D eigenvalue weighted by Gasteiger charge is -2.10. The van der Waals surface area contributed by atoms with E-state index >= 15 is 0 Å². The summed E-state index contributed by atoms with van der Waals surface area (Å²) in [6.45, 7) is 3.91. The second-order valence-corrected chi connectivity index (χ2v) is 4.21. The van der Waals surface area contributed by atoms with Gasteiger partial charge in [-0.2, -0.15) is 5.10 Å². The van der Waals surface area contributed by atoms with E-state index in [0.717, 1.165) is 5.69 Å². The fourth-order valence-electron chi connectivity index (χ4n) is 1.34. The third-order valence-electron chi connectivity index (χ3n) is 2.39. The van der Waals surface area contributed by atoms with Gasteiger partial charge in [0.25, 0.3) is 0 Å². The average Bonchev–Trinajstić information content (AvgIpc) is 2.54. The number of carbonyl (C=O) groups excluding carboxylic acids is 1. The number of hydrogen-bond acceptors (Lipinski definition) is 4. The van der Waals surface area contributed by atoms with Crippen LogP contribution in [0.25, 0.3) is 0 Å². The molecule has 1 rings (SSSR count). The van der Waals surface area contributed by atoms with Gasteiger partial charge in [0.1, 0.15) is 6.54 Å². The van der Waals surface area contributed by atoms with E-state index in [9.17, 15) is 9.90 Å². The van der Waals surface area contributed by atoms with Crippen LogP contribution < -0.4 is 11.1 Å². The predicted octanol–water partition coefficient (Wildman–Crippen LogP) is -0.411. The fraction of sp³-hybridized carbons (Fsp3) is 0.600. The number of rotatable bonds is 5. The summed E-state index contributed by atoms with van der Waals surface area (Å²) < 4.78 is 1.53. The van der Waals surface area contributed by atoms with E-state index in [1.54, 1.807) is 13.8 Å². The van der Waals surface area contributed by atoms with Crippen molar-refractivity contribution in [3.63, 3.8) is 0 Å². The molecular formula is C10H17ClN4O2. The zero-order chi connectivity index (χ0) is 13.0. The van der Waals surface area contributed by atoms with Crippen molar-refractivity contribution in [3.05, 3.63) is 16.4 Å². The lowest BCUT2D eigenvalue weighted by atomic mass is 10.3. The highest BCUT2D eigenvalue weighted by Gasteiger charge is 2.12. The molecule has 1 amide bonds. The summed E-state index contributed by atoms with van der Waals surface area (Å²) >= 11 is 5.96. The normalized spacial score (nSPS) is 12.5. The Morgan fingerprint density at radius 3 is 2.76 bits per heavy atom. The number of aryl methyl sites for hydroxylation is 1. The number of nitrogens with one attached hydrogen (secondary N) is 1. The van der Waals surface area contributed by atoms with Crippen LogP contribution in [0.15, 0.2) is 0 Å². The Hall–Kier alpha value is -1.11. The second kappa shape index (κ2) is 6.00. The van der Waals surface area contributed by atoms with E-state index in [2.05, 4.69) is 10.4 Å². The first-order valence-electron chi connectivity index (χ1n) is 5.30.